The molecule has 0 radical (unpaired) electrons. The van der Waals surface area contributed by atoms with Gasteiger partial charge in [0.1, 0.15) is 15.0 Å². The fraction of sp³-hybridized carbons (Fsp3) is 0. The number of hydrogen-bond acceptors (Lipinski definition) is 4. The second kappa shape index (κ2) is 5.34. The second-order valence-electron chi connectivity index (χ2n) is 3.16. The van der Waals surface area contributed by atoms with Gasteiger partial charge in [-0.05, 0) is 34.1 Å². The van der Waals surface area contributed by atoms with Gasteiger partial charge in [-0.15, -0.1) is 11.3 Å². The Morgan fingerprint density at radius 1 is 1.33 bits per heavy atom. The lowest BCUT2D eigenvalue weighted by Crippen LogP contribution is -2.13. The van der Waals surface area contributed by atoms with Crippen molar-refractivity contribution in [3.8, 4) is 0 Å². The molecule has 0 saturated carbocycles. The van der Waals surface area contributed by atoms with Crippen molar-refractivity contribution in [2.45, 2.75) is 4.90 Å². The number of anilines is 1. The van der Waals surface area contributed by atoms with E-state index in [1.54, 1.807) is 6.07 Å². The van der Waals surface area contributed by atoms with Crippen molar-refractivity contribution in [3.05, 3.63) is 37.5 Å². The molecular formula is C9H5BrCl2N2O2S2. The molecule has 0 aliphatic heterocycles. The average molecular weight is 388 g/mol. The van der Waals surface area contributed by atoms with E-state index in [-0.39, 0.29) is 15.0 Å². The molecule has 0 atom stereocenters. The maximum absolute atomic E-state index is 12.0. The summed E-state index contributed by atoms with van der Waals surface area (Å²) >= 11 is 15.7. The van der Waals surface area contributed by atoms with Gasteiger partial charge in [0.2, 0.25) is 0 Å². The molecule has 2 aromatic heterocycles. The van der Waals surface area contributed by atoms with Crippen LogP contribution in [0.1, 0.15) is 0 Å². The summed E-state index contributed by atoms with van der Waals surface area (Å²) in [7, 11) is -3.77. The van der Waals surface area contributed by atoms with Crippen LogP contribution in [0.5, 0.6) is 0 Å². The molecule has 0 spiro atoms. The summed E-state index contributed by atoms with van der Waals surface area (Å²) in [6.07, 6.45) is 1.49. The van der Waals surface area contributed by atoms with Crippen LogP contribution in [0.4, 0.5) is 5.82 Å². The normalized spacial score (nSPS) is 11.5. The number of rotatable bonds is 3. The lowest BCUT2D eigenvalue weighted by Gasteiger charge is -2.05. The first-order valence-electron chi connectivity index (χ1n) is 4.48. The summed E-state index contributed by atoms with van der Waals surface area (Å²) in [5, 5.41) is 0. The van der Waals surface area contributed by atoms with Crippen molar-refractivity contribution in [1.82, 2.24) is 4.98 Å². The molecule has 2 rings (SSSR count). The van der Waals surface area contributed by atoms with Gasteiger partial charge in [0, 0.05) is 10.7 Å². The third-order valence-electron chi connectivity index (χ3n) is 1.88. The van der Waals surface area contributed by atoms with Crippen molar-refractivity contribution in [2.24, 2.45) is 0 Å². The van der Waals surface area contributed by atoms with E-state index in [1.165, 1.54) is 18.3 Å². The second-order valence-corrected chi connectivity index (χ2v) is 8.01. The van der Waals surface area contributed by atoms with Gasteiger partial charge in [-0.25, -0.2) is 13.4 Å². The van der Waals surface area contributed by atoms with E-state index in [1.807, 2.05) is 0 Å². The highest BCUT2D eigenvalue weighted by atomic mass is 79.9. The van der Waals surface area contributed by atoms with Crippen LogP contribution in [0.15, 0.2) is 33.8 Å². The Kier molecular flexibility index (Phi) is 4.18. The van der Waals surface area contributed by atoms with Gasteiger partial charge < -0.3 is 0 Å². The molecule has 0 saturated heterocycles. The number of pyridine rings is 1. The first kappa shape index (κ1) is 14.1. The molecule has 2 aromatic rings. The van der Waals surface area contributed by atoms with E-state index in [2.05, 4.69) is 25.6 Å². The topological polar surface area (TPSA) is 59.1 Å². The molecule has 0 aliphatic carbocycles. The molecule has 18 heavy (non-hydrogen) atoms. The van der Waals surface area contributed by atoms with E-state index < -0.39 is 10.0 Å². The summed E-state index contributed by atoms with van der Waals surface area (Å²) in [4.78, 5) is 3.86. The van der Waals surface area contributed by atoms with Gasteiger partial charge in [-0.2, -0.15) is 0 Å². The van der Waals surface area contributed by atoms with Crippen LogP contribution in [0, 0.1) is 0 Å². The number of halogens is 3. The summed E-state index contributed by atoms with van der Waals surface area (Å²) in [6.45, 7) is 0. The average Bonchev–Trinajstić information content (AvgIpc) is 2.62. The van der Waals surface area contributed by atoms with Crippen LogP contribution in [0.25, 0.3) is 0 Å². The highest BCUT2D eigenvalue weighted by Gasteiger charge is 2.21. The van der Waals surface area contributed by atoms with Crippen molar-refractivity contribution in [3.63, 3.8) is 0 Å². The van der Waals surface area contributed by atoms with Crippen LogP contribution in [0.3, 0.4) is 0 Å². The summed E-state index contributed by atoms with van der Waals surface area (Å²) < 4.78 is 27.5. The van der Waals surface area contributed by atoms with Crippen molar-refractivity contribution < 1.29 is 8.42 Å². The maximum atomic E-state index is 12.0. The zero-order valence-corrected chi connectivity index (χ0v) is 13.3. The Bertz CT molecular complexity index is 670. The largest absolute Gasteiger partial charge is 0.265 e. The molecule has 96 valence electrons. The minimum atomic E-state index is -3.77. The zero-order valence-electron chi connectivity index (χ0n) is 8.52. The van der Waals surface area contributed by atoms with Gasteiger partial charge in [0.25, 0.3) is 10.0 Å². The highest BCUT2D eigenvalue weighted by Crippen LogP contribution is 2.34. The fourth-order valence-corrected chi connectivity index (χ4v) is 4.53. The van der Waals surface area contributed by atoms with Crippen LogP contribution >= 0.6 is 50.5 Å². The van der Waals surface area contributed by atoms with E-state index in [4.69, 9.17) is 23.2 Å². The number of aromatic nitrogens is 1. The van der Waals surface area contributed by atoms with Gasteiger partial charge in [-0.1, -0.05) is 23.2 Å². The summed E-state index contributed by atoms with van der Waals surface area (Å²) in [5.74, 6) is 0.205. The molecule has 9 heteroatoms. The van der Waals surface area contributed by atoms with Gasteiger partial charge in [-0.3, -0.25) is 4.72 Å². The fourth-order valence-electron chi connectivity index (χ4n) is 1.14. The first-order chi connectivity index (χ1) is 8.38. The Hall–Kier alpha value is -0.340. The third-order valence-corrected chi connectivity index (χ3v) is 5.46. The first-order valence-corrected chi connectivity index (χ1v) is 8.32. The Morgan fingerprint density at radius 3 is 2.56 bits per heavy atom. The lowest BCUT2D eigenvalue weighted by atomic mass is 10.5. The Labute approximate surface area is 126 Å². The van der Waals surface area contributed by atoms with Crippen LogP contribution in [-0.2, 0) is 10.0 Å². The molecule has 1 N–H and O–H groups in total. The lowest BCUT2D eigenvalue weighted by molar-refractivity contribution is 0.601. The van der Waals surface area contributed by atoms with Gasteiger partial charge in [0.15, 0.2) is 0 Å². The number of nitrogens with zero attached hydrogens (tertiary/aromatic N) is 1. The van der Waals surface area contributed by atoms with Gasteiger partial charge in [0.05, 0.1) is 4.34 Å². The van der Waals surface area contributed by atoms with Crippen LogP contribution < -0.4 is 4.72 Å². The molecule has 0 unspecified atom stereocenters. The Morgan fingerprint density at radius 2 is 2.06 bits per heavy atom. The number of thiophene rings is 1. The monoisotopic (exact) mass is 386 g/mol. The van der Waals surface area contributed by atoms with Crippen LogP contribution in [0.2, 0.25) is 8.67 Å². The summed E-state index contributed by atoms with van der Waals surface area (Å²) in [5.41, 5.74) is 0. The molecule has 0 aromatic carbocycles. The third kappa shape index (κ3) is 3.16. The SMILES string of the molecule is O=S(=O)(Nc1ccc(Br)cn1)c1cc(Cl)sc1Cl. The number of sulfonamides is 1. The molecule has 0 aliphatic rings. The quantitative estimate of drug-likeness (QED) is 0.865. The van der Waals surface area contributed by atoms with Crippen molar-refractivity contribution >= 4 is 66.3 Å². The smallest absolute Gasteiger partial charge is 0.263 e. The number of hydrogen-bond donors (Lipinski definition) is 1. The van der Waals surface area contributed by atoms with E-state index >= 15 is 0 Å². The molecule has 0 amide bonds. The van der Waals surface area contributed by atoms with E-state index in [0.29, 0.717) is 4.34 Å². The minimum absolute atomic E-state index is 0.0520. The molecule has 0 bridgehead atoms. The zero-order chi connectivity index (χ0) is 13.3. The van der Waals surface area contributed by atoms with Crippen molar-refractivity contribution in [2.75, 3.05) is 4.72 Å². The molecule has 2 heterocycles. The van der Waals surface area contributed by atoms with E-state index in [9.17, 15) is 8.42 Å². The van der Waals surface area contributed by atoms with Gasteiger partial charge >= 0.3 is 0 Å². The predicted octanol–water partition coefficient (Wildman–Crippen LogP) is 4.01. The Balaban J connectivity index is 2.33. The van der Waals surface area contributed by atoms with Crippen LogP contribution in [-0.4, -0.2) is 13.4 Å². The summed E-state index contributed by atoms with van der Waals surface area (Å²) in [6, 6.07) is 4.51. The van der Waals surface area contributed by atoms with Crippen molar-refractivity contribution in [1.29, 1.82) is 0 Å². The number of nitrogens with one attached hydrogen (secondary N) is 1. The molecule has 0 fully saturated rings. The van der Waals surface area contributed by atoms with E-state index in [0.717, 1.165) is 15.8 Å². The molecular weight excluding hydrogens is 383 g/mol. The minimum Gasteiger partial charge on any atom is -0.263 e. The highest BCUT2D eigenvalue weighted by molar-refractivity contribution is 9.10. The standard InChI is InChI=1S/C9H5BrCl2N2O2S2/c10-5-1-2-8(13-4-5)14-18(15,16)6-3-7(11)17-9(6)12/h1-4H,(H,13,14). The molecule has 4 nitrogen and oxygen atoms in total. The maximum Gasteiger partial charge on any atom is 0.265 e. The predicted molar refractivity (Wildman–Crippen MR) is 77.1 cm³/mol.